The third-order valence-corrected chi connectivity index (χ3v) is 3.71. The molecule has 0 aliphatic rings. The van der Waals surface area contributed by atoms with E-state index in [-0.39, 0.29) is 5.43 Å². The van der Waals surface area contributed by atoms with Crippen molar-refractivity contribution in [3.63, 3.8) is 0 Å². The Morgan fingerprint density at radius 2 is 1.48 bits per heavy atom. The fourth-order valence-electron chi connectivity index (χ4n) is 2.63. The molecule has 0 aliphatic carbocycles. The molecule has 0 aliphatic heterocycles. The molecule has 0 atom stereocenters. The van der Waals surface area contributed by atoms with Gasteiger partial charge in [-0.15, -0.1) is 11.6 Å². The van der Waals surface area contributed by atoms with Crippen molar-refractivity contribution >= 4 is 33.4 Å². The van der Waals surface area contributed by atoms with Gasteiger partial charge in [-0.3, -0.25) is 4.79 Å². The molecule has 0 spiro atoms. The maximum absolute atomic E-state index is 12.6. The lowest BCUT2D eigenvalue weighted by atomic mass is 10.1. The maximum atomic E-state index is 12.6. The molecule has 3 nitrogen and oxygen atoms in total. The lowest BCUT2D eigenvalue weighted by molar-refractivity contribution is 0.142. The van der Waals surface area contributed by atoms with E-state index in [0.717, 1.165) is 21.8 Å². The number of ether oxygens (including phenoxy) is 1. The molecular formula is C17H16ClNO2. The molecule has 3 aromatic rings. The smallest absolute Gasteiger partial charge is 0.197 e. The summed E-state index contributed by atoms with van der Waals surface area (Å²) < 4.78 is 7.62. The van der Waals surface area contributed by atoms with Gasteiger partial charge in [0.05, 0.1) is 24.2 Å². The lowest BCUT2D eigenvalue weighted by Crippen LogP contribution is -2.14. The monoisotopic (exact) mass is 301 g/mol. The van der Waals surface area contributed by atoms with Crippen molar-refractivity contribution in [1.29, 1.82) is 0 Å². The van der Waals surface area contributed by atoms with Crippen LogP contribution in [0, 0.1) is 0 Å². The summed E-state index contributed by atoms with van der Waals surface area (Å²) in [6, 6.07) is 15.4. The van der Waals surface area contributed by atoms with Crippen LogP contribution in [0.3, 0.4) is 0 Å². The molecule has 4 heteroatoms. The molecule has 0 unspecified atom stereocenters. The molecule has 0 saturated carbocycles. The Labute approximate surface area is 127 Å². The second kappa shape index (κ2) is 6.29. The van der Waals surface area contributed by atoms with Crippen LogP contribution in [0.25, 0.3) is 21.8 Å². The van der Waals surface area contributed by atoms with Gasteiger partial charge in [-0.25, -0.2) is 0 Å². The van der Waals surface area contributed by atoms with Crippen molar-refractivity contribution in [1.82, 2.24) is 4.57 Å². The average molecular weight is 302 g/mol. The van der Waals surface area contributed by atoms with E-state index in [1.807, 2.05) is 48.5 Å². The first-order valence-corrected chi connectivity index (χ1v) is 7.50. The van der Waals surface area contributed by atoms with Gasteiger partial charge in [-0.05, 0) is 24.3 Å². The fraction of sp³-hybridized carbons (Fsp3) is 0.235. The zero-order valence-electron chi connectivity index (χ0n) is 11.6. The Morgan fingerprint density at radius 3 is 2.05 bits per heavy atom. The number of nitrogens with zero attached hydrogens (tertiary/aromatic N) is 1. The highest BCUT2D eigenvalue weighted by Gasteiger charge is 2.09. The summed E-state index contributed by atoms with van der Waals surface area (Å²) in [6.07, 6.45) is 0. The molecule has 0 fully saturated rings. The number of aromatic nitrogens is 1. The van der Waals surface area contributed by atoms with Crippen LogP contribution in [0.1, 0.15) is 0 Å². The molecular weight excluding hydrogens is 286 g/mol. The van der Waals surface area contributed by atoms with E-state index in [4.69, 9.17) is 16.3 Å². The summed E-state index contributed by atoms with van der Waals surface area (Å²) in [6.45, 7) is 1.80. The average Bonchev–Trinajstić information content (AvgIpc) is 2.54. The summed E-state index contributed by atoms with van der Waals surface area (Å²) in [5, 5.41) is 1.49. The van der Waals surface area contributed by atoms with E-state index >= 15 is 0 Å². The van der Waals surface area contributed by atoms with Gasteiger partial charge in [0.1, 0.15) is 0 Å². The van der Waals surface area contributed by atoms with Crippen molar-refractivity contribution in [2.24, 2.45) is 0 Å². The van der Waals surface area contributed by atoms with E-state index in [1.54, 1.807) is 0 Å². The summed E-state index contributed by atoms with van der Waals surface area (Å²) in [7, 11) is 0. The first-order chi connectivity index (χ1) is 10.3. The van der Waals surface area contributed by atoms with Crippen molar-refractivity contribution in [3.05, 3.63) is 58.8 Å². The first-order valence-electron chi connectivity index (χ1n) is 6.97. The Bertz CT molecular complexity index is 766. The van der Waals surface area contributed by atoms with Crippen LogP contribution in [0.5, 0.6) is 0 Å². The number of pyridine rings is 1. The van der Waals surface area contributed by atoms with Gasteiger partial charge in [0.25, 0.3) is 0 Å². The standard InChI is InChI=1S/C17H16ClNO2/c18-9-11-21-12-10-19-15-7-3-1-5-13(15)17(20)14-6-2-4-8-16(14)19/h1-8H,9-12H2. The molecule has 2 aromatic carbocycles. The SMILES string of the molecule is O=c1c2ccccc2n(CCOCCCl)c2ccccc12. The number of para-hydroxylation sites is 2. The highest BCUT2D eigenvalue weighted by Crippen LogP contribution is 2.18. The van der Waals surface area contributed by atoms with Crippen molar-refractivity contribution in [3.8, 4) is 0 Å². The Morgan fingerprint density at radius 1 is 0.905 bits per heavy atom. The molecule has 3 rings (SSSR count). The zero-order chi connectivity index (χ0) is 14.7. The Kier molecular flexibility index (Phi) is 4.23. The van der Waals surface area contributed by atoms with E-state index in [2.05, 4.69) is 4.57 Å². The third-order valence-electron chi connectivity index (χ3n) is 3.56. The van der Waals surface area contributed by atoms with Crippen LogP contribution in [-0.2, 0) is 11.3 Å². The molecule has 0 bridgehead atoms. The number of alkyl halides is 1. The topological polar surface area (TPSA) is 31.2 Å². The summed E-state index contributed by atoms with van der Waals surface area (Å²) in [4.78, 5) is 12.6. The van der Waals surface area contributed by atoms with Crippen molar-refractivity contribution in [2.75, 3.05) is 19.1 Å². The van der Waals surface area contributed by atoms with Crippen LogP contribution in [0.15, 0.2) is 53.3 Å². The van der Waals surface area contributed by atoms with Crippen LogP contribution in [0.4, 0.5) is 0 Å². The van der Waals surface area contributed by atoms with E-state index in [0.29, 0.717) is 25.6 Å². The molecule has 0 radical (unpaired) electrons. The van der Waals surface area contributed by atoms with Gasteiger partial charge >= 0.3 is 0 Å². The van der Waals surface area contributed by atoms with Crippen LogP contribution in [0.2, 0.25) is 0 Å². The van der Waals surface area contributed by atoms with E-state index in [1.165, 1.54) is 0 Å². The van der Waals surface area contributed by atoms with Gasteiger partial charge in [-0.1, -0.05) is 24.3 Å². The largest absolute Gasteiger partial charge is 0.378 e. The molecule has 108 valence electrons. The number of fused-ring (bicyclic) bond motifs is 2. The minimum absolute atomic E-state index is 0.0825. The molecule has 21 heavy (non-hydrogen) atoms. The van der Waals surface area contributed by atoms with Crippen LogP contribution < -0.4 is 5.43 Å². The normalized spacial score (nSPS) is 11.3. The maximum Gasteiger partial charge on any atom is 0.197 e. The van der Waals surface area contributed by atoms with E-state index in [9.17, 15) is 4.79 Å². The molecule has 0 amide bonds. The third kappa shape index (κ3) is 2.67. The molecule has 0 saturated heterocycles. The fourth-order valence-corrected chi connectivity index (χ4v) is 2.74. The van der Waals surface area contributed by atoms with Gasteiger partial charge in [0, 0.05) is 23.2 Å². The minimum Gasteiger partial charge on any atom is -0.378 e. The lowest BCUT2D eigenvalue weighted by Gasteiger charge is -2.15. The zero-order valence-corrected chi connectivity index (χ0v) is 12.3. The second-order valence-electron chi connectivity index (χ2n) is 4.82. The molecule has 1 heterocycles. The van der Waals surface area contributed by atoms with Crippen LogP contribution >= 0.6 is 11.6 Å². The first kappa shape index (κ1) is 14.1. The quantitative estimate of drug-likeness (QED) is 0.411. The summed E-state index contributed by atoms with van der Waals surface area (Å²) in [5.41, 5.74) is 1.96. The highest BCUT2D eigenvalue weighted by molar-refractivity contribution is 6.17. The van der Waals surface area contributed by atoms with Gasteiger partial charge < -0.3 is 9.30 Å². The number of hydrogen-bond donors (Lipinski definition) is 0. The highest BCUT2D eigenvalue weighted by atomic mass is 35.5. The van der Waals surface area contributed by atoms with E-state index < -0.39 is 0 Å². The Hall–Kier alpha value is -1.84. The number of benzene rings is 2. The summed E-state index contributed by atoms with van der Waals surface area (Å²) >= 11 is 5.62. The molecule has 0 N–H and O–H groups in total. The van der Waals surface area contributed by atoms with Crippen molar-refractivity contribution in [2.45, 2.75) is 6.54 Å². The number of rotatable bonds is 5. The van der Waals surface area contributed by atoms with Gasteiger partial charge in [0.15, 0.2) is 5.43 Å². The second-order valence-corrected chi connectivity index (χ2v) is 5.19. The van der Waals surface area contributed by atoms with Crippen LogP contribution in [-0.4, -0.2) is 23.7 Å². The Balaban J connectivity index is 2.18. The number of hydrogen-bond acceptors (Lipinski definition) is 2. The predicted molar refractivity (Wildman–Crippen MR) is 87.3 cm³/mol. The number of halogens is 1. The summed E-state index contributed by atoms with van der Waals surface area (Å²) in [5.74, 6) is 0.492. The van der Waals surface area contributed by atoms with Crippen molar-refractivity contribution < 1.29 is 4.74 Å². The van der Waals surface area contributed by atoms with Gasteiger partial charge in [0.2, 0.25) is 0 Å². The predicted octanol–water partition coefficient (Wildman–Crippen LogP) is 3.41. The minimum atomic E-state index is 0.0825. The van der Waals surface area contributed by atoms with Gasteiger partial charge in [-0.2, -0.15) is 0 Å². The molecule has 1 aromatic heterocycles.